The minimum absolute atomic E-state index is 0.111. The van der Waals surface area contributed by atoms with Crippen molar-refractivity contribution in [2.24, 2.45) is 0 Å². The lowest BCUT2D eigenvalue weighted by molar-refractivity contribution is -0.152. The van der Waals surface area contributed by atoms with Gasteiger partial charge in [-0.2, -0.15) is 0 Å². The Morgan fingerprint density at radius 3 is 2.42 bits per heavy atom. The number of esters is 1. The summed E-state index contributed by atoms with van der Waals surface area (Å²) >= 11 is 11.8. The van der Waals surface area contributed by atoms with Crippen LogP contribution in [0.1, 0.15) is 18.1 Å². The van der Waals surface area contributed by atoms with E-state index >= 15 is 0 Å². The van der Waals surface area contributed by atoms with E-state index in [1.807, 2.05) is 31.2 Å². The Morgan fingerprint density at radius 1 is 1.12 bits per heavy atom. The smallest absolute Gasteiger partial charge is 0.311 e. The van der Waals surface area contributed by atoms with Crippen molar-refractivity contribution in [1.29, 1.82) is 0 Å². The molecule has 0 aromatic heterocycles. The van der Waals surface area contributed by atoms with E-state index in [0.717, 1.165) is 11.1 Å². The van der Waals surface area contributed by atoms with Gasteiger partial charge in [-0.1, -0.05) is 53.0 Å². The average Bonchev–Trinajstić information content (AvgIpc) is 2.52. The van der Waals surface area contributed by atoms with E-state index in [9.17, 15) is 9.59 Å². The molecule has 126 valence electrons. The first kappa shape index (κ1) is 18.3. The Bertz CT molecular complexity index is 744. The molecule has 0 spiro atoms. The number of carbonyl (C=O) groups excluding carboxylic acids is 2. The first-order valence-electron chi connectivity index (χ1n) is 7.36. The Hall–Kier alpha value is -2.04. The van der Waals surface area contributed by atoms with Gasteiger partial charge in [0.15, 0.2) is 6.10 Å². The molecule has 0 aliphatic rings. The number of aryl methyl sites for hydroxylation is 1. The monoisotopic (exact) mass is 365 g/mol. The lowest BCUT2D eigenvalue weighted by Crippen LogP contribution is -2.30. The molecular weight excluding hydrogens is 349 g/mol. The molecule has 24 heavy (non-hydrogen) atoms. The molecule has 1 N–H and O–H groups in total. The SMILES string of the molecule is Cc1ccc(CC(=O)O[C@@H](C)C(=O)Nc2ccc(Cl)cc2Cl)cc1. The van der Waals surface area contributed by atoms with Gasteiger partial charge in [0, 0.05) is 5.02 Å². The molecule has 2 aromatic rings. The minimum atomic E-state index is -0.935. The van der Waals surface area contributed by atoms with Crippen molar-refractivity contribution in [1.82, 2.24) is 0 Å². The largest absolute Gasteiger partial charge is 0.452 e. The van der Waals surface area contributed by atoms with Gasteiger partial charge in [0.1, 0.15) is 0 Å². The Morgan fingerprint density at radius 2 is 1.79 bits per heavy atom. The molecule has 0 heterocycles. The van der Waals surface area contributed by atoms with Gasteiger partial charge in [-0.15, -0.1) is 0 Å². The molecule has 2 aromatic carbocycles. The summed E-state index contributed by atoms with van der Waals surface area (Å²) in [5.41, 5.74) is 2.35. The number of halogens is 2. The topological polar surface area (TPSA) is 55.4 Å². The quantitative estimate of drug-likeness (QED) is 0.798. The van der Waals surface area contributed by atoms with Gasteiger partial charge in [-0.3, -0.25) is 9.59 Å². The van der Waals surface area contributed by atoms with Crippen molar-refractivity contribution in [3.8, 4) is 0 Å². The van der Waals surface area contributed by atoms with Crippen molar-refractivity contribution in [3.63, 3.8) is 0 Å². The molecule has 0 radical (unpaired) electrons. The van der Waals surface area contributed by atoms with Crippen LogP contribution in [-0.2, 0) is 20.7 Å². The normalized spacial score (nSPS) is 11.7. The van der Waals surface area contributed by atoms with E-state index in [0.29, 0.717) is 15.7 Å². The maximum atomic E-state index is 12.1. The van der Waals surface area contributed by atoms with Crippen LogP contribution in [0, 0.1) is 6.92 Å². The average molecular weight is 366 g/mol. The van der Waals surface area contributed by atoms with Crippen LogP contribution in [0.25, 0.3) is 0 Å². The zero-order chi connectivity index (χ0) is 17.7. The number of amides is 1. The summed E-state index contributed by atoms with van der Waals surface area (Å²) in [5.74, 6) is -0.930. The summed E-state index contributed by atoms with van der Waals surface area (Å²) < 4.78 is 5.16. The second-order valence-electron chi connectivity index (χ2n) is 5.41. The molecule has 2 rings (SSSR count). The number of hydrogen-bond acceptors (Lipinski definition) is 3. The first-order chi connectivity index (χ1) is 11.3. The van der Waals surface area contributed by atoms with Crippen LogP contribution < -0.4 is 5.32 Å². The number of ether oxygens (including phenoxy) is 1. The summed E-state index contributed by atoms with van der Waals surface area (Å²) in [7, 11) is 0. The van der Waals surface area contributed by atoms with Crippen LogP contribution >= 0.6 is 23.2 Å². The van der Waals surface area contributed by atoms with Gasteiger partial charge in [-0.25, -0.2) is 0 Å². The van der Waals surface area contributed by atoms with Crippen molar-refractivity contribution < 1.29 is 14.3 Å². The van der Waals surface area contributed by atoms with Gasteiger partial charge in [-0.05, 0) is 37.6 Å². The van der Waals surface area contributed by atoms with E-state index < -0.39 is 18.0 Å². The summed E-state index contributed by atoms with van der Waals surface area (Å²) in [6.45, 7) is 3.47. The Balaban J connectivity index is 1.90. The van der Waals surface area contributed by atoms with Gasteiger partial charge >= 0.3 is 5.97 Å². The minimum Gasteiger partial charge on any atom is -0.452 e. The van der Waals surface area contributed by atoms with Crippen LogP contribution in [0.2, 0.25) is 10.0 Å². The Kier molecular flexibility index (Phi) is 6.23. The molecule has 4 nitrogen and oxygen atoms in total. The molecule has 0 bridgehead atoms. The van der Waals surface area contributed by atoms with Crippen LogP contribution in [0.3, 0.4) is 0 Å². The second kappa shape index (κ2) is 8.18. The molecular formula is C18H17Cl2NO3. The number of carbonyl (C=O) groups is 2. The van der Waals surface area contributed by atoms with Gasteiger partial charge in [0.2, 0.25) is 0 Å². The highest BCUT2D eigenvalue weighted by Gasteiger charge is 2.19. The second-order valence-corrected chi connectivity index (χ2v) is 6.25. The number of rotatable bonds is 5. The maximum absolute atomic E-state index is 12.1. The third-order valence-corrected chi connectivity index (χ3v) is 3.88. The number of hydrogen-bond donors (Lipinski definition) is 1. The van der Waals surface area contributed by atoms with E-state index in [-0.39, 0.29) is 6.42 Å². The number of benzene rings is 2. The predicted molar refractivity (Wildman–Crippen MR) is 95.5 cm³/mol. The standard InChI is InChI=1S/C18H17Cl2NO3/c1-11-3-5-13(6-4-11)9-17(22)24-12(2)18(23)21-16-8-7-14(19)10-15(16)20/h3-8,10,12H,9H2,1-2H3,(H,21,23)/t12-/m0/s1. The first-order valence-corrected chi connectivity index (χ1v) is 8.11. The zero-order valence-electron chi connectivity index (χ0n) is 13.3. The van der Waals surface area contributed by atoms with Crippen LogP contribution in [0.5, 0.6) is 0 Å². The van der Waals surface area contributed by atoms with Gasteiger partial charge in [0.05, 0.1) is 17.1 Å². The Labute approximate surface area is 150 Å². The van der Waals surface area contributed by atoms with Crippen LogP contribution in [-0.4, -0.2) is 18.0 Å². The summed E-state index contributed by atoms with van der Waals surface area (Å²) in [5, 5.41) is 3.39. The predicted octanol–water partition coefficient (Wildman–Crippen LogP) is 4.41. The lowest BCUT2D eigenvalue weighted by Gasteiger charge is -2.14. The molecule has 0 unspecified atom stereocenters. The van der Waals surface area contributed by atoms with Crippen LogP contribution in [0.4, 0.5) is 5.69 Å². The van der Waals surface area contributed by atoms with E-state index in [4.69, 9.17) is 27.9 Å². The molecule has 0 saturated heterocycles. The summed E-state index contributed by atoms with van der Waals surface area (Å²) in [6.07, 6.45) is -0.825. The third kappa shape index (κ3) is 5.25. The van der Waals surface area contributed by atoms with E-state index in [1.165, 1.54) is 13.0 Å². The molecule has 1 atom stereocenters. The van der Waals surface area contributed by atoms with E-state index in [1.54, 1.807) is 12.1 Å². The molecule has 0 saturated carbocycles. The maximum Gasteiger partial charge on any atom is 0.311 e. The molecule has 0 aliphatic heterocycles. The van der Waals surface area contributed by atoms with Crippen molar-refractivity contribution in [3.05, 3.63) is 63.6 Å². The summed E-state index contributed by atoms with van der Waals surface area (Å²) in [4.78, 5) is 24.0. The molecule has 0 fully saturated rings. The zero-order valence-corrected chi connectivity index (χ0v) is 14.8. The fourth-order valence-electron chi connectivity index (χ4n) is 1.99. The summed E-state index contributed by atoms with van der Waals surface area (Å²) in [6, 6.07) is 12.3. The number of anilines is 1. The molecule has 1 amide bonds. The van der Waals surface area contributed by atoms with Gasteiger partial charge in [0.25, 0.3) is 5.91 Å². The van der Waals surface area contributed by atoms with Crippen molar-refractivity contribution >= 4 is 40.8 Å². The highest BCUT2D eigenvalue weighted by Crippen LogP contribution is 2.25. The van der Waals surface area contributed by atoms with Gasteiger partial charge < -0.3 is 10.1 Å². The molecule has 6 heteroatoms. The lowest BCUT2D eigenvalue weighted by atomic mass is 10.1. The number of nitrogens with one attached hydrogen (secondary N) is 1. The highest BCUT2D eigenvalue weighted by molar-refractivity contribution is 6.36. The fourth-order valence-corrected chi connectivity index (χ4v) is 2.45. The van der Waals surface area contributed by atoms with E-state index in [2.05, 4.69) is 5.32 Å². The molecule has 0 aliphatic carbocycles. The van der Waals surface area contributed by atoms with Crippen molar-refractivity contribution in [2.45, 2.75) is 26.4 Å². The third-order valence-electron chi connectivity index (χ3n) is 3.34. The fraction of sp³-hybridized carbons (Fsp3) is 0.222. The van der Waals surface area contributed by atoms with Crippen molar-refractivity contribution in [2.75, 3.05) is 5.32 Å². The highest BCUT2D eigenvalue weighted by atomic mass is 35.5. The van der Waals surface area contributed by atoms with Crippen LogP contribution in [0.15, 0.2) is 42.5 Å².